The van der Waals surface area contributed by atoms with Gasteiger partial charge in [0.2, 0.25) is 0 Å². The molecule has 3 N–H and O–H groups in total. The highest BCUT2D eigenvalue weighted by atomic mass is 16.5. The molecule has 0 radical (unpaired) electrons. The highest BCUT2D eigenvalue weighted by Gasteiger charge is 2.25. The van der Waals surface area contributed by atoms with Crippen molar-refractivity contribution in [2.75, 3.05) is 17.2 Å². The molecule has 4 rings (SSSR count). The molecule has 1 aliphatic rings. The molecule has 3 aromatic carbocycles. The van der Waals surface area contributed by atoms with Crippen LogP contribution in [0.1, 0.15) is 34.8 Å². The maximum absolute atomic E-state index is 13.1. The summed E-state index contributed by atoms with van der Waals surface area (Å²) in [5.41, 5.74) is 2.11. The van der Waals surface area contributed by atoms with Crippen molar-refractivity contribution in [1.82, 2.24) is 5.32 Å². The highest BCUT2D eigenvalue weighted by molar-refractivity contribution is 6.02. The Morgan fingerprint density at radius 1 is 0.818 bits per heavy atom. The van der Waals surface area contributed by atoms with E-state index < -0.39 is 18.1 Å². The second-order valence-electron chi connectivity index (χ2n) is 7.74. The van der Waals surface area contributed by atoms with E-state index in [1.54, 1.807) is 48.5 Å². The number of amides is 3. The molecule has 3 aromatic rings. The second-order valence-corrected chi connectivity index (χ2v) is 7.74. The van der Waals surface area contributed by atoms with Gasteiger partial charge in [0.15, 0.2) is 0 Å². The summed E-state index contributed by atoms with van der Waals surface area (Å²) in [6, 6.07) is 23.8. The van der Waals surface area contributed by atoms with Gasteiger partial charge in [0.1, 0.15) is 12.1 Å². The predicted octanol–water partition coefficient (Wildman–Crippen LogP) is 3.91. The molecule has 1 saturated heterocycles. The van der Waals surface area contributed by atoms with Gasteiger partial charge in [-0.25, -0.2) is 0 Å². The maximum atomic E-state index is 13.1. The van der Waals surface area contributed by atoms with Gasteiger partial charge in [0.05, 0.1) is 0 Å². The van der Waals surface area contributed by atoms with Gasteiger partial charge in [0, 0.05) is 23.5 Å². The standard InChI is InChI=1S/C26H25N3O4/c30-24(19-11-7-14-21(17-19)28-25(31)22-15-8-16-33-22)29-23(18-9-3-1-4-10-18)26(32)27-20-12-5-2-6-13-20/h1-7,9-14,17,22-23H,8,15-16H2,(H,27,32)(H,28,31)(H,29,30). The van der Waals surface area contributed by atoms with Crippen LogP contribution in [0.4, 0.5) is 11.4 Å². The molecule has 2 unspecified atom stereocenters. The van der Waals surface area contributed by atoms with Crippen molar-refractivity contribution >= 4 is 29.1 Å². The van der Waals surface area contributed by atoms with Gasteiger partial charge in [0.25, 0.3) is 17.7 Å². The van der Waals surface area contributed by atoms with Gasteiger partial charge in [-0.3, -0.25) is 14.4 Å². The van der Waals surface area contributed by atoms with Crippen LogP contribution in [0.3, 0.4) is 0 Å². The van der Waals surface area contributed by atoms with Gasteiger partial charge < -0.3 is 20.7 Å². The number of carbonyl (C=O) groups is 3. The first-order valence-electron chi connectivity index (χ1n) is 10.8. The number of nitrogens with one attached hydrogen (secondary N) is 3. The largest absolute Gasteiger partial charge is 0.368 e. The van der Waals surface area contributed by atoms with Crippen LogP contribution in [-0.2, 0) is 14.3 Å². The minimum Gasteiger partial charge on any atom is -0.368 e. The van der Waals surface area contributed by atoms with Crippen molar-refractivity contribution < 1.29 is 19.1 Å². The molecule has 0 bridgehead atoms. The molecule has 1 heterocycles. The van der Waals surface area contributed by atoms with Crippen LogP contribution in [0.5, 0.6) is 0 Å². The van der Waals surface area contributed by atoms with E-state index in [2.05, 4.69) is 16.0 Å². The first-order valence-corrected chi connectivity index (χ1v) is 10.8. The number of hydrogen-bond acceptors (Lipinski definition) is 4. The van der Waals surface area contributed by atoms with Crippen molar-refractivity contribution in [3.63, 3.8) is 0 Å². The van der Waals surface area contributed by atoms with Crippen molar-refractivity contribution in [3.05, 3.63) is 96.1 Å². The van der Waals surface area contributed by atoms with Crippen LogP contribution in [0.15, 0.2) is 84.9 Å². The fourth-order valence-corrected chi connectivity index (χ4v) is 3.64. The Balaban J connectivity index is 1.49. The molecule has 7 nitrogen and oxygen atoms in total. The number of carbonyl (C=O) groups excluding carboxylic acids is 3. The second kappa shape index (κ2) is 10.6. The molecular weight excluding hydrogens is 418 g/mol. The molecule has 1 aliphatic heterocycles. The number of benzene rings is 3. The van der Waals surface area contributed by atoms with Crippen molar-refractivity contribution in [1.29, 1.82) is 0 Å². The van der Waals surface area contributed by atoms with E-state index in [-0.39, 0.29) is 11.8 Å². The fourth-order valence-electron chi connectivity index (χ4n) is 3.64. The lowest BCUT2D eigenvalue weighted by Crippen LogP contribution is -2.37. The third kappa shape index (κ3) is 5.84. The van der Waals surface area contributed by atoms with E-state index in [9.17, 15) is 14.4 Å². The topological polar surface area (TPSA) is 96.5 Å². The molecule has 0 aromatic heterocycles. The lowest BCUT2D eigenvalue weighted by atomic mass is 10.0. The van der Waals surface area contributed by atoms with E-state index in [0.717, 1.165) is 6.42 Å². The molecule has 1 fully saturated rings. The normalized spacial score (nSPS) is 15.9. The Morgan fingerprint density at radius 2 is 1.52 bits per heavy atom. The van der Waals surface area contributed by atoms with Gasteiger partial charge >= 0.3 is 0 Å². The van der Waals surface area contributed by atoms with Crippen LogP contribution >= 0.6 is 0 Å². The zero-order valence-corrected chi connectivity index (χ0v) is 18.0. The molecule has 0 spiro atoms. The predicted molar refractivity (Wildman–Crippen MR) is 126 cm³/mol. The number of hydrogen-bond donors (Lipinski definition) is 3. The summed E-state index contributed by atoms with van der Waals surface area (Å²) in [5, 5.41) is 8.45. The summed E-state index contributed by atoms with van der Waals surface area (Å²) in [4.78, 5) is 38.4. The lowest BCUT2D eigenvalue weighted by Gasteiger charge is -2.19. The van der Waals surface area contributed by atoms with E-state index in [4.69, 9.17) is 4.74 Å². The van der Waals surface area contributed by atoms with Crippen LogP contribution < -0.4 is 16.0 Å². The minimum absolute atomic E-state index is 0.227. The average Bonchev–Trinajstić information content (AvgIpc) is 3.39. The van der Waals surface area contributed by atoms with Gasteiger partial charge in [-0.15, -0.1) is 0 Å². The Hall–Kier alpha value is -3.97. The number of rotatable bonds is 7. The number of anilines is 2. The average molecular weight is 444 g/mol. The van der Waals surface area contributed by atoms with E-state index in [1.165, 1.54) is 0 Å². The van der Waals surface area contributed by atoms with Gasteiger partial charge in [-0.2, -0.15) is 0 Å². The van der Waals surface area contributed by atoms with Gasteiger partial charge in [-0.1, -0.05) is 54.6 Å². The smallest absolute Gasteiger partial charge is 0.253 e. The first-order chi connectivity index (χ1) is 16.1. The monoisotopic (exact) mass is 443 g/mol. The summed E-state index contributed by atoms with van der Waals surface area (Å²) < 4.78 is 5.41. The van der Waals surface area contributed by atoms with E-state index in [0.29, 0.717) is 35.5 Å². The third-order valence-corrected chi connectivity index (χ3v) is 5.33. The van der Waals surface area contributed by atoms with Crippen LogP contribution in [0, 0.1) is 0 Å². The van der Waals surface area contributed by atoms with Gasteiger partial charge in [-0.05, 0) is 48.7 Å². The van der Waals surface area contributed by atoms with Crippen molar-refractivity contribution in [2.24, 2.45) is 0 Å². The summed E-state index contributed by atoms with van der Waals surface area (Å²) in [5.74, 6) is -1.02. The SMILES string of the molecule is O=C(NC(C(=O)Nc1ccccc1)c1ccccc1)c1cccc(NC(=O)C2CCCO2)c1. The Kier molecular flexibility index (Phi) is 7.12. The summed E-state index contributed by atoms with van der Waals surface area (Å²) in [6.07, 6.45) is 1.07. The van der Waals surface area contributed by atoms with Crippen molar-refractivity contribution in [2.45, 2.75) is 25.0 Å². The van der Waals surface area contributed by atoms with Crippen LogP contribution in [-0.4, -0.2) is 30.4 Å². The molecule has 7 heteroatoms. The molecule has 2 atom stereocenters. The summed E-state index contributed by atoms with van der Waals surface area (Å²) >= 11 is 0. The minimum atomic E-state index is -0.899. The molecule has 3 amide bonds. The lowest BCUT2D eigenvalue weighted by molar-refractivity contribution is -0.124. The summed E-state index contributed by atoms with van der Waals surface area (Å²) in [7, 11) is 0. The molecule has 168 valence electrons. The van der Waals surface area contributed by atoms with Crippen LogP contribution in [0.25, 0.3) is 0 Å². The zero-order valence-electron chi connectivity index (χ0n) is 18.0. The Bertz CT molecular complexity index is 1110. The summed E-state index contributed by atoms with van der Waals surface area (Å²) in [6.45, 7) is 0.576. The quantitative estimate of drug-likeness (QED) is 0.516. The number of ether oxygens (including phenoxy) is 1. The van der Waals surface area contributed by atoms with Crippen molar-refractivity contribution in [3.8, 4) is 0 Å². The van der Waals surface area contributed by atoms with Crippen LogP contribution in [0.2, 0.25) is 0 Å². The molecule has 0 saturated carbocycles. The van der Waals surface area contributed by atoms with E-state index in [1.807, 2.05) is 36.4 Å². The van der Waals surface area contributed by atoms with E-state index >= 15 is 0 Å². The molecular formula is C26H25N3O4. The Labute approximate surface area is 192 Å². The highest BCUT2D eigenvalue weighted by Crippen LogP contribution is 2.19. The third-order valence-electron chi connectivity index (χ3n) is 5.33. The Morgan fingerprint density at radius 3 is 2.21 bits per heavy atom. The zero-order chi connectivity index (χ0) is 23.0. The first kappa shape index (κ1) is 22.2. The molecule has 0 aliphatic carbocycles. The maximum Gasteiger partial charge on any atom is 0.253 e. The molecule has 33 heavy (non-hydrogen) atoms. The fraction of sp³-hybridized carbons (Fsp3) is 0.192. The number of para-hydroxylation sites is 1.